The molecule has 2 aromatic rings. The lowest BCUT2D eigenvalue weighted by atomic mass is 10.2. The Bertz CT molecular complexity index is 651. The summed E-state index contributed by atoms with van der Waals surface area (Å²) in [5, 5.41) is 11.8. The van der Waals surface area contributed by atoms with Crippen molar-refractivity contribution in [1.82, 2.24) is 15.5 Å². The summed E-state index contributed by atoms with van der Waals surface area (Å²) in [6, 6.07) is 7.36. The van der Waals surface area contributed by atoms with Gasteiger partial charge in [0.25, 0.3) is 0 Å². The topological polar surface area (TPSA) is 90.1 Å². The van der Waals surface area contributed by atoms with E-state index in [1.807, 2.05) is 24.3 Å². The molecule has 0 saturated carbocycles. The van der Waals surface area contributed by atoms with Crippen LogP contribution >= 0.6 is 0 Å². The third-order valence-corrected chi connectivity index (χ3v) is 3.53. The molecule has 1 aliphatic heterocycles. The van der Waals surface area contributed by atoms with Gasteiger partial charge >= 0.3 is 6.03 Å². The van der Waals surface area contributed by atoms with Crippen LogP contribution in [0.2, 0.25) is 0 Å². The maximum absolute atomic E-state index is 11.7. The number of urea groups is 1. The van der Waals surface area contributed by atoms with E-state index in [2.05, 4.69) is 20.8 Å². The molecule has 1 aliphatic rings. The normalized spacial score (nSPS) is 14.2. The highest BCUT2D eigenvalue weighted by atomic mass is 16.2. The van der Waals surface area contributed by atoms with E-state index >= 15 is 0 Å². The first-order chi connectivity index (χ1) is 10.7. The van der Waals surface area contributed by atoms with Gasteiger partial charge in [0.1, 0.15) is 0 Å². The van der Waals surface area contributed by atoms with Crippen molar-refractivity contribution in [2.75, 3.05) is 16.8 Å². The number of nitrogens with zero attached hydrogens (tertiary/aromatic N) is 2. The third-order valence-electron chi connectivity index (χ3n) is 3.53. The Kier molecular flexibility index (Phi) is 4.04. The summed E-state index contributed by atoms with van der Waals surface area (Å²) in [4.78, 5) is 25.2. The molecule has 0 spiro atoms. The van der Waals surface area contributed by atoms with Gasteiger partial charge in [0.2, 0.25) is 5.91 Å². The zero-order valence-corrected chi connectivity index (χ0v) is 12.0. The number of nitrogens with one attached hydrogen (secondary N) is 3. The van der Waals surface area contributed by atoms with E-state index in [1.54, 1.807) is 11.1 Å². The minimum absolute atomic E-state index is 0.172. The van der Waals surface area contributed by atoms with E-state index in [0.717, 1.165) is 24.2 Å². The fraction of sp³-hybridized carbons (Fsp3) is 0.267. The Labute approximate surface area is 127 Å². The first kappa shape index (κ1) is 14.1. The number of H-pyrrole nitrogens is 1. The van der Waals surface area contributed by atoms with Crippen LogP contribution in [-0.4, -0.2) is 28.7 Å². The van der Waals surface area contributed by atoms with E-state index in [0.29, 0.717) is 18.7 Å². The predicted octanol–water partition coefficient (Wildman–Crippen LogP) is 1.86. The maximum atomic E-state index is 11.7. The zero-order valence-electron chi connectivity index (χ0n) is 12.0. The molecule has 3 rings (SSSR count). The second-order valence-electron chi connectivity index (χ2n) is 5.11. The van der Waals surface area contributed by atoms with Crippen LogP contribution in [0.4, 0.5) is 16.2 Å². The number of aromatic amines is 1. The zero-order chi connectivity index (χ0) is 15.4. The van der Waals surface area contributed by atoms with Crippen LogP contribution in [0.5, 0.6) is 0 Å². The van der Waals surface area contributed by atoms with Crippen molar-refractivity contribution in [1.29, 1.82) is 0 Å². The molecule has 3 amide bonds. The van der Waals surface area contributed by atoms with Crippen molar-refractivity contribution >= 4 is 23.3 Å². The first-order valence-corrected chi connectivity index (χ1v) is 7.15. The number of hydrogen-bond donors (Lipinski definition) is 3. The minimum Gasteiger partial charge on any atom is -0.334 e. The second-order valence-corrected chi connectivity index (χ2v) is 5.11. The Balaban J connectivity index is 1.52. The number of benzene rings is 1. The van der Waals surface area contributed by atoms with E-state index < -0.39 is 0 Å². The molecule has 0 unspecified atom stereocenters. The molecule has 3 N–H and O–H groups in total. The van der Waals surface area contributed by atoms with Crippen LogP contribution in [-0.2, 0) is 11.3 Å². The summed E-state index contributed by atoms with van der Waals surface area (Å²) in [6.07, 6.45) is 4.66. The number of aromatic nitrogens is 2. The molecule has 2 heterocycles. The van der Waals surface area contributed by atoms with Crippen molar-refractivity contribution in [2.24, 2.45) is 0 Å². The van der Waals surface area contributed by atoms with Gasteiger partial charge in [-0.25, -0.2) is 4.79 Å². The summed E-state index contributed by atoms with van der Waals surface area (Å²) in [5.74, 6) is 0.172. The van der Waals surface area contributed by atoms with Crippen LogP contribution in [0.25, 0.3) is 0 Å². The average Bonchev–Trinajstić information content (AvgIpc) is 3.17. The van der Waals surface area contributed by atoms with Gasteiger partial charge in [-0.05, 0) is 24.1 Å². The molecule has 0 aliphatic carbocycles. The molecule has 1 fully saturated rings. The van der Waals surface area contributed by atoms with E-state index in [1.165, 1.54) is 6.20 Å². The fourth-order valence-electron chi connectivity index (χ4n) is 2.39. The number of carbonyl (C=O) groups excluding carboxylic acids is 2. The summed E-state index contributed by atoms with van der Waals surface area (Å²) >= 11 is 0. The molecule has 22 heavy (non-hydrogen) atoms. The van der Waals surface area contributed by atoms with Gasteiger partial charge in [-0.1, -0.05) is 12.1 Å². The number of hydrogen-bond acceptors (Lipinski definition) is 3. The molecule has 0 radical (unpaired) electrons. The van der Waals surface area contributed by atoms with Gasteiger partial charge in [-0.15, -0.1) is 0 Å². The van der Waals surface area contributed by atoms with Crippen molar-refractivity contribution in [3.05, 3.63) is 42.2 Å². The summed E-state index contributed by atoms with van der Waals surface area (Å²) < 4.78 is 0. The highest BCUT2D eigenvalue weighted by Gasteiger charge is 2.21. The van der Waals surface area contributed by atoms with Crippen LogP contribution in [0.1, 0.15) is 18.4 Å². The van der Waals surface area contributed by atoms with Gasteiger partial charge in [-0.3, -0.25) is 9.89 Å². The quantitative estimate of drug-likeness (QED) is 0.805. The van der Waals surface area contributed by atoms with Crippen molar-refractivity contribution in [3.8, 4) is 0 Å². The maximum Gasteiger partial charge on any atom is 0.319 e. The molecular weight excluding hydrogens is 282 g/mol. The molecule has 0 atom stereocenters. The van der Waals surface area contributed by atoms with Crippen LogP contribution in [0.3, 0.4) is 0 Å². The molecule has 114 valence electrons. The monoisotopic (exact) mass is 299 g/mol. The smallest absolute Gasteiger partial charge is 0.319 e. The Morgan fingerprint density at radius 3 is 2.77 bits per heavy atom. The van der Waals surface area contributed by atoms with Crippen molar-refractivity contribution in [2.45, 2.75) is 19.4 Å². The summed E-state index contributed by atoms with van der Waals surface area (Å²) in [6.45, 7) is 1.20. The molecule has 1 aromatic carbocycles. The van der Waals surface area contributed by atoms with Gasteiger partial charge in [0, 0.05) is 31.4 Å². The van der Waals surface area contributed by atoms with Crippen LogP contribution in [0.15, 0.2) is 36.7 Å². The van der Waals surface area contributed by atoms with E-state index in [4.69, 9.17) is 0 Å². The Morgan fingerprint density at radius 2 is 2.14 bits per heavy atom. The van der Waals surface area contributed by atoms with E-state index in [-0.39, 0.29) is 11.9 Å². The second kappa shape index (κ2) is 6.30. The minimum atomic E-state index is -0.291. The van der Waals surface area contributed by atoms with Crippen molar-refractivity contribution in [3.63, 3.8) is 0 Å². The Morgan fingerprint density at radius 1 is 1.32 bits per heavy atom. The average molecular weight is 299 g/mol. The lowest BCUT2D eigenvalue weighted by Gasteiger charge is -2.16. The Hall–Kier alpha value is -2.83. The molecule has 7 nitrogen and oxygen atoms in total. The molecule has 0 bridgehead atoms. The number of anilines is 2. The van der Waals surface area contributed by atoms with E-state index in [9.17, 15) is 9.59 Å². The molecule has 1 aromatic heterocycles. The lowest BCUT2D eigenvalue weighted by molar-refractivity contribution is -0.117. The SMILES string of the molecule is O=C(NCc1ccc(N2CCCC2=O)cc1)Nc1cn[nH]c1. The first-order valence-electron chi connectivity index (χ1n) is 7.15. The lowest BCUT2D eigenvalue weighted by Crippen LogP contribution is -2.28. The molecule has 7 heteroatoms. The summed E-state index contributed by atoms with van der Waals surface area (Å²) in [5.41, 5.74) is 2.49. The van der Waals surface area contributed by atoms with Crippen molar-refractivity contribution < 1.29 is 9.59 Å². The van der Waals surface area contributed by atoms with Gasteiger partial charge < -0.3 is 15.5 Å². The largest absolute Gasteiger partial charge is 0.334 e. The highest BCUT2D eigenvalue weighted by Crippen LogP contribution is 2.21. The third kappa shape index (κ3) is 3.25. The molecular formula is C15H17N5O2. The summed E-state index contributed by atoms with van der Waals surface area (Å²) in [7, 11) is 0. The van der Waals surface area contributed by atoms with Gasteiger partial charge in [0.05, 0.1) is 11.9 Å². The standard InChI is InChI=1S/C15H17N5O2/c21-14-2-1-7-20(14)13-5-3-11(4-6-13)8-16-15(22)19-12-9-17-18-10-12/h3-6,9-10H,1-2,7-8H2,(H,17,18)(H2,16,19,22). The van der Waals surface area contributed by atoms with Gasteiger partial charge in [0.15, 0.2) is 0 Å². The number of rotatable bonds is 4. The predicted molar refractivity (Wildman–Crippen MR) is 82.5 cm³/mol. The highest BCUT2D eigenvalue weighted by molar-refractivity contribution is 5.95. The van der Waals surface area contributed by atoms with Crippen LogP contribution < -0.4 is 15.5 Å². The molecule has 1 saturated heterocycles. The number of amides is 3. The fourth-order valence-corrected chi connectivity index (χ4v) is 2.39. The number of carbonyl (C=O) groups is 2. The van der Waals surface area contributed by atoms with Crippen LogP contribution in [0, 0.1) is 0 Å². The van der Waals surface area contributed by atoms with Gasteiger partial charge in [-0.2, -0.15) is 5.10 Å².